The molecule has 0 spiro atoms. The molecule has 22 heavy (non-hydrogen) atoms. The molecule has 118 valence electrons. The molecule has 1 aromatic rings. The molecule has 1 saturated carbocycles. The molecule has 1 atom stereocenters. The van der Waals surface area contributed by atoms with E-state index in [1.54, 1.807) is 6.92 Å². The van der Waals surface area contributed by atoms with Crippen LogP contribution in [-0.4, -0.2) is 34.0 Å². The summed E-state index contributed by atoms with van der Waals surface area (Å²) in [7, 11) is 0. The highest BCUT2D eigenvalue weighted by Crippen LogP contribution is 2.31. The van der Waals surface area contributed by atoms with Crippen LogP contribution in [0.3, 0.4) is 0 Å². The van der Waals surface area contributed by atoms with Gasteiger partial charge in [0.05, 0.1) is 11.3 Å². The molecule has 8 heteroatoms. The molecule has 1 unspecified atom stereocenters. The van der Waals surface area contributed by atoms with Gasteiger partial charge in [-0.1, -0.05) is 0 Å². The molecule has 0 heterocycles. The molecular weight excluding hydrogens is 290 g/mol. The van der Waals surface area contributed by atoms with Gasteiger partial charge in [0.15, 0.2) is 0 Å². The molecule has 2 rings (SSSR count). The predicted octanol–water partition coefficient (Wildman–Crippen LogP) is 1.76. The van der Waals surface area contributed by atoms with Crippen molar-refractivity contribution in [3.8, 4) is 0 Å². The molecule has 1 aliphatic rings. The fourth-order valence-electron chi connectivity index (χ4n) is 2.01. The van der Waals surface area contributed by atoms with Crippen LogP contribution in [0.4, 0.5) is 11.4 Å². The lowest BCUT2D eigenvalue weighted by Crippen LogP contribution is -2.34. The molecular formula is C14H17N3O5. The number of hydrogen-bond acceptors (Lipinski definition) is 5. The SMILES string of the molecule is CC(CC(=O)O)NC(=O)c1ccc(NC2CC2)c([N+](=O)[O-])c1. The number of nitro benzene ring substituents is 1. The van der Waals surface area contributed by atoms with Crippen LogP contribution in [-0.2, 0) is 4.79 Å². The van der Waals surface area contributed by atoms with E-state index in [0.29, 0.717) is 5.69 Å². The number of amides is 1. The Balaban J connectivity index is 2.13. The van der Waals surface area contributed by atoms with E-state index >= 15 is 0 Å². The topological polar surface area (TPSA) is 122 Å². The van der Waals surface area contributed by atoms with Gasteiger partial charge >= 0.3 is 5.97 Å². The van der Waals surface area contributed by atoms with E-state index in [1.165, 1.54) is 18.2 Å². The Hall–Kier alpha value is -2.64. The van der Waals surface area contributed by atoms with Crippen molar-refractivity contribution in [2.24, 2.45) is 0 Å². The zero-order chi connectivity index (χ0) is 16.3. The van der Waals surface area contributed by atoms with Crippen molar-refractivity contribution in [2.45, 2.75) is 38.3 Å². The molecule has 0 aromatic heterocycles. The third-order valence-corrected chi connectivity index (χ3v) is 3.25. The molecule has 0 radical (unpaired) electrons. The summed E-state index contributed by atoms with van der Waals surface area (Å²) in [5.41, 5.74) is 0.360. The molecule has 0 bridgehead atoms. The van der Waals surface area contributed by atoms with E-state index in [9.17, 15) is 19.7 Å². The number of nitrogens with one attached hydrogen (secondary N) is 2. The number of benzene rings is 1. The molecule has 1 aliphatic carbocycles. The fourth-order valence-corrected chi connectivity index (χ4v) is 2.01. The maximum Gasteiger partial charge on any atom is 0.305 e. The number of nitrogens with zero attached hydrogens (tertiary/aromatic N) is 1. The highest BCUT2D eigenvalue weighted by atomic mass is 16.6. The van der Waals surface area contributed by atoms with E-state index < -0.39 is 22.8 Å². The normalized spacial score (nSPS) is 15.0. The lowest BCUT2D eigenvalue weighted by molar-refractivity contribution is -0.384. The Morgan fingerprint density at radius 3 is 2.68 bits per heavy atom. The van der Waals surface area contributed by atoms with Gasteiger partial charge in [0.2, 0.25) is 0 Å². The number of carbonyl (C=O) groups is 2. The quantitative estimate of drug-likeness (QED) is 0.521. The summed E-state index contributed by atoms with van der Waals surface area (Å²) in [5, 5.41) is 25.3. The largest absolute Gasteiger partial charge is 0.481 e. The number of carboxylic acid groups (broad SMARTS) is 1. The van der Waals surface area contributed by atoms with Gasteiger partial charge in [-0.05, 0) is 31.9 Å². The first-order valence-electron chi connectivity index (χ1n) is 6.94. The standard InChI is InChI=1S/C14H17N3O5/c1-8(6-13(18)19)15-14(20)9-2-5-11(16-10-3-4-10)12(7-9)17(21)22/h2,5,7-8,10,16H,3-4,6H2,1H3,(H,15,20)(H,18,19). The zero-order valence-corrected chi connectivity index (χ0v) is 12.0. The van der Waals surface area contributed by atoms with Gasteiger partial charge in [-0.2, -0.15) is 0 Å². The summed E-state index contributed by atoms with van der Waals surface area (Å²) < 4.78 is 0. The first kappa shape index (κ1) is 15.7. The number of hydrogen-bond donors (Lipinski definition) is 3. The van der Waals surface area contributed by atoms with Crippen molar-refractivity contribution in [3.05, 3.63) is 33.9 Å². The van der Waals surface area contributed by atoms with Crippen molar-refractivity contribution in [3.63, 3.8) is 0 Å². The molecule has 0 aliphatic heterocycles. The third-order valence-electron chi connectivity index (χ3n) is 3.25. The minimum atomic E-state index is -1.03. The molecule has 1 amide bonds. The van der Waals surface area contributed by atoms with Gasteiger partial charge in [-0.15, -0.1) is 0 Å². The van der Waals surface area contributed by atoms with Gasteiger partial charge in [-0.25, -0.2) is 0 Å². The summed E-state index contributed by atoms with van der Waals surface area (Å²) in [6.07, 6.45) is 1.74. The number of rotatable bonds is 7. The number of anilines is 1. The highest BCUT2D eigenvalue weighted by Gasteiger charge is 2.25. The van der Waals surface area contributed by atoms with Gasteiger partial charge < -0.3 is 15.7 Å². The monoisotopic (exact) mass is 307 g/mol. The smallest absolute Gasteiger partial charge is 0.305 e. The van der Waals surface area contributed by atoms with Crippen molar-refractivity contribution in [1.82, 2.24) is 5.32 Å². The molecule has 3 N–H and O–H groups in total. The lowest BCUT2D eigenvalue weighted by atomic mass is 10.1. The van der Waals surface area contributed by atoms with E-state index in [1.807, 2.05) is 0 Å². The Bertz CT molecular complexity index is 612. The Kier molecular flexibility index (Phi) is 4.59. The second-order valence-electron chi connectivity index (χ2n) is 5.38. The molecule has 8 nitrogen and oxygen atoms in total. The first-order valence-corrected chi connectivity index (χ1v) is 6.94. The number of nitro groups is 1. The number of carboxylic acids is 1. The average molecular weight is 307 g/mol. The summed E-state index contributed by atoms with van der Waals surface area (Å²) in [4.78, 5) is 33.2. The molecule has 1 fully saturated rings. The van der Waals surface area contributed by atoms with Gasteiger partial charge in [0, 0.05) is 23.7 Å². The van der Waals surface area contributed by atoms with Gasteiger partial charge in [0.1, 0.15) is 5.69 Å². The minimum Gasteiger partial charge on any atom is -0.481 e. The van der Waals surface area contributed by atoms with Crippen molar-refractivity contribution in [2.75, 3.05) is 5.32 Å². The fraction of sp³-hybridized carbons (Fsp3) is 0.429. The summed E-state index contributed by atoms with van der Waals surface area (Å²) >= 11 is 0. The lowest BCUT2D eigenvalue weighted by Gasteiger charge is -2.12. The van der Waals surface area contributed by atoms with Crippen LogP contribution in [0.15, 0.2) is 18.2 Å². The first-order chi connectivity index (χ1) is 10.4. The van der Waals surface area contributed by atoms with Crippen LogP contribution >= 0.6 is 0 Å². The maximum absolute atomic E-state index is 12.0. The third kappa shape index (κ3) is 4.18. The Morgan fingerprint density at radius 1 is 1.45 bits per heavy atom. The van der Waals surface area contributed by atoms with Crippen LogP contribution in [0.5, 0.6) is 0 Å². The maximum atomic E-state index is 12.0. The minimum absolute atomic E-state index is 0.130. The van der Waals surface area contributed by atoms with E-state index in [4.69, 9.17) is 5.11 Å². The van der Waals surface area contributed by atoms with Crippen molar-refractivity contribution >= 4 is 23.3 Å². The summed E-state index contributed by atoms with van der Waals surface area (Å²) in [6.45, 7) is 1.56. The van der Waals surface area contributed by atoms with Crippen LogP contribution in [0.2, 0.25) is 0 Å². The van der Waals surface area contributed by atoms with Crippen LogP contribution in [0.25, 0.3) is 0 Å². The summed E-state index contributed by atoms with van der Waals surface area (Å²) in [5.74, 6) is -1.56. The van der Waals surface area contributed by atoms with Crippen LogP contribution in [0.1, 0.15) is 36.5 Å². The van der Waals surface area contributed by atoms with Crippen LogP contribution < -0.4 is 10.6 Å². The van der Waals surface area contributed by atoms with Crippen molar-refractivity contribution in [1.29, 1.82) is 0 Å². The Morgan fingerprint density at radius 2 is 2.14 bits per heavy atom. The number of aliphatic carboxylic acids is 1. The molecule has 1 aromatic carbocycles. The average Bonchev–Trinajstić information content (AvgIpc) is 3.21. The second-order valence-corrected chi connectivity index (χ2v) is 5.38. The van der Waals surface area contributed by atoms with E-state index in [2.05, 4.69) is 10.6 Å². The van der Waals surface area contributed by atoms with Crippen molar-refractivity contribution < 1.29 is 19.6 Å². The van der Waals surface area contributed by atoms with Gasteiger partial charge in [-0.3, -0.25) is 19.7 Å². The summed E-state index contributed by atoms with van der Waals surface area (Å²) in [6, 6.07) is 3.89. The highest BCUT2D eigenvalue weighted by molar-refractivity contribution is 5.96. The van der Waals surface area contributed by atoms with Crippen LogP contribution in [0, 0.1) is 10.1 Å². The van der Waals surface area contributed by atoms with E-state index in [0.717, 1.165) is 12.8 Å². The van der Waals surface area contributed by atoms with Gasteiger partial charge in [0.25, 0.3) is 11.6 Å². The van der Waals surface area contributed by atoms with E-state index in [-0.39, 0.29) is 23.7 Å². The predicted molar refractivity (Wildman–Crippen MR) is 78.9 cm³/mol. The Labute approximate surface area is 126 Å². The second kappa shape index (κ2) is 6.42. The number of carbonyl (C=O) groups excluding carboxylic acids is 1. The zero-order valence-electron chi connectivity index (χ0n) is 12.0. The molecule has 0 saturated heterocycles.